The zero-order valence-corrected chi connectivity index (χ0v) is 13.1. The van der Waals surface area contributed by atoms with Crippen molar-refractivity contribution in [3.8, 4) is 5.75 Å². The highest BCUT2D eigenvalue weighted by atomic mass is 19.1. The number of ether oxygens (including phenoxy) is 1. The highest BCUT2D eigenvalue weighted by Gasteiger charge is 2.20. The standard InChI is InChI=1S/C18H19F2NO2/c1-3-12-5-8-14(9-6-12)23-17(4-2)18(22)21-16-10-7-13(19)11-15(16)20/h5-11,17H,3-4H2,1-2H3,(H,21,22)/t17-/m0/s1. The van der Waals surface area contributed by atoms with Gasteiger partial charge in [0.1, 0.15) is 17.4 Å². The van der Waals surface area contributed by atoms with Gasteiger partial charge in [0.05, 0.1) is 5.69 Å². The van der Waals surface area contributed by atoms with E-state index < -0.39 is 23.6 Å². The summed E-state index contributed by atoms with van der Waals surface area (Å²) >= 11 is 0. The molecule has 122 valence electrons. The Balaban J connectivity index is 2.05. The third-order valence-electron chi connectivity index (χ3n) is 3.46. The molecule has 0 radical (unpaired) electrons. The molecule has 2 aromatic rings. The summed E-state index contributed by atoms with van der Waals surface area (Å²) in [5, 5.41) is 2.43. The summed E-state index contributed by atoms with van der Waals surface area (Å²) in [5.74, 6) is -1.42. The molecule has 23 heavy (non-hydrogen) atoms. The zero-order chi connectivity index (χ0) is 16.8. The highest BCUT2D eigenvalue weighted by molar-refractivity contribution is 5.94. The Morgan fingerprint density at radius 1 is 1.13 bits per heavy atom. The van der Waals surface area contributed by atoms with Gasteiger partial charge in [-0.2, -0.15) is 0 Å². The fourth-order valence-corrected chi connectivity index (χ4v) is 2.09. The number of rotatable bonds is 6. The summed E-state index contributed by atoms with van der Waals surface area (Å²) in [6.45, 7) is 3.85. The number of halogens is 2. The van der Waals surface area contributed by atoms with E-state index in [-0.39, 0.29) is 5.69 Å². The van der Waals surface area contributed by atoms with Crippen LogP contribution in [0.4, 0.5) is 14.5 Å². The van der Waals surface area contributed by atoms with Crippen LogP contribution >= 0.6 is 0 Å². The third-order valence-corrected chi connectivity index (χ3v) is 3.46. The Labute approximate surface area is 134 Å². The van der Waals surface area contributed by atoms with Crippen LogP contribution in [0.3, 0.4) is 0 Å². The first-order chi connectivity index (χ1) is 11.0. The van der Waals surface area contributed by atoms with Gasteiger partial charge in [0.2, 0.25) is 0 Å². The maximum absolute atomic E-state index is 13.6. The molecule has 0 aliphatic heterocycles. The van der Waals surface area contributed by atoms with Crippen molar-refractivity contribution in [2.45, 2.75) is 32.8 Å². The molecule has 5 heteroatoms. The van der Waals surface area contributed by atoms with Crippen molar-refractivity contribution in [2.24, 2.45) is 0 Å². The topological polar surface area (TPSA) is 38.3 Å². The van der Waals surface area contributed by atoms with Crippen LogP contribution < -0.4 is 10.1 Å². The second kappa shape index (κ2) is 7.72. The molecule has 0 unspecified atom stereocenters. The Morgan fingerprint density at radius 2 is 1.83 bits per heavy atom. The molecule has 0 heterocycles. The molecule has 2 rings (SSSR count). The zero-order valence-electron chi connectivity index (χ0n) is 13.1. The number of benzene rings is 2. The van der Waals surface area contributed by atoms with E-state index in [2.05, 4.69) is 12.2 Å². The van der Waals surface area contributed by atoms with Gasteiger partial charge in [0, 0.05) is 6.07 Å². The van der Waals surface area contributed by atoms with E-state index in [0.29, 0.717) is 12.2 Å². The van der Waals surface area contributed by atoms with Crippen LogP contribution in [-0.2, 0) is 11.2 Å². The average molecular weight is 319 g/mol. The fraction of sp³-hybridized carbons (Fsp3) is 0.278. The fourth-order valence-electron chi connectivity index (χ4n) is 2.09. The molecule has 0 aliphatic rings. The minimum atomic E-state index is -0.819. The first-order valence-corrected chi connectivity index (χ1v) is 7.55. The van der Waals surface area contributed by atoms with Crippen molar-refractivity contribution < 1.29 is 18.3 Å². The number of amides is 1. The minimum absolute atomic E-state index is 0.0696. The monoisotopic (exact) mass is 319 g/mol. The number of aryl methyl sites for hydroxylation is 1. The van der Waals surface area contributed by atoms with Gasteiger partial charge in [-0.25, -0.2) is 8.78 Å². The lowest BCUT2D eigenvalue weighted by molar-refractivity contribution is -0.122. The van der Waals surface area contributed by atoms with Gasteiger partial charge < -0.3 is 10.1 Å². The van der Waals surface area contributed by atoms with Crippen molar-refractivity contribution >= 4 is 11.6 Å². The van der Waals surface area contributed by atoms with E-state index in [4.69, 9.17) is 4.74 Å². The lowest BCUT2D eigenvalue weighted by Crippen LogP contribution is -2.32. The van der Waals surface area contributed by atoms with Crippen LogP contribution in [0.15, 0.2) is 42.5 Å². The molecule has 0 aromatic heterocycles. The van der Waals surface area contributed by atoms with Crippen molar-refractivity contribution in [3.63, 3.8) is 0 Å². The van der Waals surface area contributed by atoms with Crippen LogP contribution in [0.25, 0.3) is 0 Å². The normalized spacial score (nSPS) is 11.8. The molecule has 1 amide bonds. The summed E-state index contributed by atoms with van der Waals surface area (Å²) in [5.41, 5.74) is 1.10. The molecule has 0 fully saturated rings. The third kappa shape index (κ3) is 4.52. The summed E-state index contributed by atoms with van der Waals surface area (Å²) in [6.07, 6.45) is 0.582. The Kier molecular flexibility index (Phi) is 5.68. The number of hydrogen-bond donors (Lipinski definition) is 1. The number of carbonyl (C=O) groups is 1. The van der Waals surface area contributed by atoms with Gasteiger partial charge in [0.15, 0.2) is 6.10 Å². The first kappa shape index (κ1) is 16.9. The van der Waals surface area contributed by atoms with Crippen LogP contribution in [0, 0.1) is 11.6 Å². The van der Waals surface area contributed by atoms with Gasteiger partial charge in [-0.1, -0.05) is 26.0 Å². The minimum Gasteiger partial charge on any atom is -0.481 e. The maximum Gasteiger partial charge on any atom is 0.265 e. The Hall–Kier alpha value is -2.43. The second-order valence-electron chi connectivity index (χ2n) is 5.13. The summed E-state index contributed by atoms with van der Waals surface area (Å²) < 4.78 is 32.1. The largest absolute Gasteiger partial charge is 0.481 e. The van der Waals surface area contributed by atoms with E-state index >= 15 is 0 Å². The number of nitrogens with one attached hydrogen (secondary N) is 1. The van der Waals surface area contributed by atoms with Gasteiger partial charge in [-0.05, 0) is 42.7 Å². The van der Waals surface area contributed by atoms with E-state index in [0.717, 1.165) is 18.6 Å². The lowest BCUT2D eigenvalue weighted by atomic mass is 10.1. The molecule has 3 nitrogen and oxygen atoms in total. The summed E-state index contributed by atoms with van der Waals surface area (Å²) in [7, 11) is 0. The summed E-state index contributed by atoms with van der Waals surface area (Å²) in [6, 6.07) is 10.5. The maximum atomic E-state index is 13.6. The number of hydrogen-bond acceptors (Lipinski definition) is 2. The first-order valence-electron chi connectivity index (χ1n) is 7.55. The van der Waals surface area contributed by atoms with Crippen LogP contribution in [0.2, 0.25) is 0 Å². The SMILES string of the molecule is CCc1ccc(O[C@@H](CC)C(=O)Nc2ccc(F)cc2F)cc1. The number of carbonyl (C=O) groups excluding carboxylic acids is 1. The smallest absolute Gasteiger partial charge is 0.265 e. The van der Waals surface area contributed by atoms with E-state index in [1.165, 1.54) is 11.6 Å². The van der Waals surface area contributed by atoms with Gasteiger partial charge in [-0.3, -0.25) is 4.79 Å². The molecule has 0 saturated heterocycles. The molecule has 0 spiro atoms. The van der Waals surface area contributed by atoms with Crippen molar-refractivity contribution in [3.05, 3.63) is 59.7 Å². The molecular weight excluding hydrogens is 300 g/mol. The lowest BCUT2D eigenvalue weighted by Gasteiger charge is -2.17. The highest BCUT2D eigenvalue weighted by Crippen LogP contribution is 2.18. The predicted molar refractivity (Wildman–Crippen MR) is 85.5 cm³/mol. The molecular formula is C18H19F2NO2. The molecule has 1 atom stereocenters. The van der Waals surface area contributed by atoms with Gasteiger partial charge in [0.25, 0.3) is 5.91 Å². The Morgan fingerprint density at radius 3 is 2.39 bits per heavy atom. The molecule has 0 saturated carbocycles. The number of anilines is 1. The summed E-state index contributed by atoms with van der Waals surface area (Å²) in [4.78, 5) is 12.2. The van der Waals surface area contributed by atoms with E-state index in [1.54, 1.807) is 19.1 Å². The molecule has 2 aromatic carbocycles. The van der Waals surface area contributed by atoms with E-state index in [1.807, 2.05) is 12.1 Å². The van der Waals surface area contributed by atoms with Crippen molar-refractivity contribution in [1.82, 2.24) is 0 Å². The van der Waals surface area contributed by atoms with Crippen LogP contribution in [-0.4, -0.2) is 12.0 Å². The average Bonchev–Trinajstić information content (AvgIpc) is 2.55. The molecule has 0 aliphatic carbocycles. The van der Waals surface area contributed by atoms with Crippen molar-refractivity contribution in [1.29, 1.82) is 0 Å². The quantitative estimate of drug-likeness (QED) is 0.861. The molecule has 0 bridgehead atoms. The predicted octanol–water partition coefficient (Wildman–Crippen LogP) is 4.32. The second-order valence-corrected chi connectivity index (χ2v) is 5.13. The Bertz CT molecular complexity index is 671. The van der Waals surface area contributed by atoms with Crippen molar-refractivity contribution in [2.75, 3.05) is 5.32 Å². The van der Waals surface area contributed by atoms with E-state index in [9.17, 15) is 13.6 Å². The van der Waals surface area contributed by atoms with Crippen LogP contribution in [0.1, 0.15) is 25.8 Å². The molecule has 1 N–H and O–H groups in total. The van der Waals surface area contributed by atoms with Crippen LogP contribution in [0.5, 0.6) is 5.75 Å². The van der Waals surface area contributed by atoms with Gasteiger partial charge >= 0.3 is 0 Å². The van der Waals surface area contributed by atoms with Gasteiger partial charge in [-0.15, -0.1) is 0 Å².